The second-order valence-corrected chi connectivity index (χ2v) is 4.10. The Kier molecular flexibility index (Phi) is 3.30. The maximum absolute atomic E-state index is 13.4. The van der Waals surface area contributed by atoms with E-state index in [1.54, 1.807) is 0 Å². The minimum absolute atomic E-state index is 0.152. The van der Waals surface area contributed by atoms with Crippen LogP contribution in [0.4, 0.5) is 14.5 Å². The van der Waals surface area contributed by atoms with Crippen molar-refractivity contribution in [2.24, 2.45) is 0 Å². The standard InChI is InChI=1S/C13H8ClF2NO/c14-10-5-7(1-4-12(10)17)13(18)9-6-8(15)2-3-11(9)16/h1-6H,17H2. The monoisotopic (exact) mass is 267 g/mol. The molecule has 2 N–H and O–H groups in total. The Balaban J connectivity index is 2.47. The molecule has 0 aliphatic heterocycles. The number of benzene rings is 2. The van der Waals surface area contributed by atoms with Gasteiger partial charge in [-0.1, -0.05) is 11.6 Å². The van der Waals surface area contributed by atoms with Gasteiger partial charge in [0.2, 0.25) is 0 Å². The lowest BCUT2D eigenvalue weighted by molar-refractivity contribution is 0.103. The molecule has 0 spiro atoms. The van der Waals surface area contributed by atoms with E-state index in [-0.39, 0.29) is 16.1 Å². The molecule has 0 heterocycles. The highest BCUT2D eigenvalue weighted by Crippen LogP contribution is 2.22. The molecule has 92 valence electrons. The van der Waals surface area contributed by atoms with Crippen LogP contribution in [-0.4, -0.2) is 5.78 Å². The number of rotatable bonds is 2. The number of carbonyl (C=O) groups excluding carboxylic acids is 1. The van der Waals surface area contributed by atoms with Crippen LogP contribution < -0.4 is 5.73 Å². The Morgan fingerprint density at radius 2 is 1.83 bits per heavy atom. The van der Waals surface area contributed by atoms with E-state index in [1.165, 1.54) is 18.2 Å². The van der Waals surface area contributed by atoms with E-state index >= 15 is 0 Å². The van der Waals surface area contributed by atoms with Crippen LogP contribution in [0.2, 0.25) is 5.02 Å². The number of nitrogens with two attached hydrogens (primary N) is 1. The first kappa shape index (κ1) is 12.5. The minimum atomic E-state index is -0.783. The predicted molar refractivity (Wildman–Crippen MR) is 65.7 cm³/mol. The number of ketones is 1. The van der Waals surface area contributed by atoms with Crippen LogP contribution in [0, 0.1) is 11.6 Å². The van der Waals surface area contributed by atoms with Gasteiger partial charge in [0.15, 0.2) is 5.78 Å². The van der Waals surface area contributed by atoms with Gasteiger partial charge in [-0.2, -0.15) is 0 Å². The molecule has 2 aromatic carbocycles. The Bertz CT molecular complexity index is 628. The second kappa shape index (κ2) is 4.74. The molecule has 0 aromatic heterocycles. The summed E-state index contributed by atoms with van der Waals surface area (Å²) in [6.45, 7) is 0. The molecule has 0 bridgehead atoms. The topological polar surface area (TPSA) is 43.1 Å². The van der Waals surface area contributed by atoms with E-state index in [2.05, 4.69) is 0 Å². The Morgan fingerprint density at radius 1 is 1.11 bits per heavy atom. The highest BCUT2D eigenvalue weighted by atomic mass is 35.5. The normalized spacial score (nSPS) is 10.4. The van der Waals surface area contributed by atoms with Gasteiger partial charge in [-0.05, 0) is 36.4 Å². The van der Waals surface area contributed by atoms with Gasteiger partial charge in [0.1, 0.15) is 11.6 Å². The fourth-order valence-electron chi connectivity index (χ4n) is 1.50. The highest BCUT2D eigenvalue weighted by Gasteiger charge is 2.15. The SMILES string of the molecule is Nc1ccc(C(=O)c2cc(F)ccc2F)cc1Cl. The lowest BCUT2D eigenvalue weighted by Crippen LogP contribution is -2.05. The molecule has 5 heteroatoms. The molecule has 0 radical (unpaired) electrons. The van der Waals surface area contributed by atoms with Gasteiger partial charge in [0, 0.05) is 5.56 Å². The number of nitrogen functional groups attached to an aromatic ring is 1. The first-order valence-electron chi connectivity index (χ1n) is 5.04. The zero-order chi connectivity index (χ0) is 13.3. The van der Waals surface area contributed by atoms with Crippen molar-refractivity contribution in [3.05, 3.63) is 64.2 Å². The fourth-order valence-corrected chi connectivity index (χ4v) is 1.68. The first-order valence-corrected chi connectivity index (χ1v) is 5.41. The minimum Gasteiger partial charge on any atom is -0.398 e. The van der Waals surface area contributed by atoms with Crippen molar-refractivity contribution in [1.82, 2.24) is 0 Å². The summed E-state index contributed by atoms with van der Waals surface area (Å²) in [5.41, 5.74) is 5.63. The Labute approximate surface area is 107 Å². The molecular formula is C13H8ClF2NO. The van der Waals surface area contributed by atoms with Gasteiger partial charge >= 0.3 is 0 Å². The van der Waals surface area contributed by atoms with Crippen molar-refractivity contribution in [1.29, 1.82) is 0 Å². The predicted octanol–water partition coefficient (Wildman–Crippen LogP) is 3.43. The molecule has 2 nitrogen and oxygen atoms in total. The Morgan fingerprint density at radius 3 is 2.50 bits per heavy atom. The molecule has 0 amide bonds. The molecule has 0 fully saturated rings. The number of anilines is 1. The van der Waals surface area contributed by atoms with Gasteiger partial charge < -0.3 is 5.73 Å². The lowest BCUT2D eigenvalue weighted by atomic mass is 10.0. The number of hydrogen-bond acceptors (Lipinski definition) is 2. The quantitative estimate of drug-likeness (QED) is 0.669. The van der Waals surface area contributed by atoms with Crippen molar-refractivity contribution in [3.63, 3.8) is 0 Å². The summed E-state index contributed by atoms with van der Waals surface area (Å²) in [6.07, 6.45) is 0. The summed E-state index contributed by atoms with van der Waals surface area (Å²) in [5, 5.41) is 0.192. The van der Waals surface area contributed by atoms with Gasteiger partial charge in [0.25, 0.3) is 0 Å². The molecule has 2 aromatic rings. The zero-order valence-corrected chi connectivity index (χ0v) is 9.84. The number of halogens is 3. The third-order valence-corrected chi connectivity index (χ3v) is 2.76. The first-order chi connectivity index (χ1) is 8.49. The fraction of sp³-hybridized carbons (Fsp3) is 0. The summed E-state index contributed by atoms with van der Waals surface area (Å²) in [7, 11) is 0. The maximum atomic E-state index is 13.4. The molecule has 0 aliphatic carbocycles. The van der Waals surface area contributed by atoms with Crippen LogP contribution in [0.25, 0.3) is 0 Å². The van der Waals surface area contributed by atoms with Gasteiger partial charge in [-0.15, -0.1) is 0 Å². The van der Waals surface area contributed by atoms with Gasteiger partial charge in [0.05, 0.1) is 16.3 Å². The van der Waals surface area contributed by atoms with Gasteiger partial charge in [-0.3, -0.25) is 4.79 Å². The molecule has 0 atom stereocenters. The average Bonchev–Trinajstić information content (AvgIpc) is 2.35. The smallest absolute Gasteiger partial charge is 0.196 e. The van der Waals surface area contributed by atoms with Crippen molar-refractivity contribution < 1.29 is 13.6 Å². The van der Waals surface area contributed by atoms with E-state index in [0.717, 1.165) is 18.2 Å². The summed E-state index contributed by atoms with van der Waals surface area (Å²) in [6, 6.07) is 6.87. The van der Waals surface area contributed by atoms with Crippen LogP contribution in [0.1, 0.15) is 15.9 Å². The van der Waals surface area contributed by atoms with E-state index < -0.39 is 17.4 Å². The zero-order valence-electron chi connectivity index (χ0n) is 9.08. The van der Waals surface area contributed by atoms with Crippen molar-refractivity contribution in [2.45, 2.75) is 0 Å². The third kappa shape index (κ3) is 2.33. The van der Waals surface area contributed by atoms with Crippen LogP contribution >= 0.6 is 11.6 Å². The summed E-state index contributed by atoms with van der Waals surface area (Å²) >= 11 is 5.77. The van der Waals surface area contributed by atoms with E-state index in [9.17, 15) is 13.6 Å². The molecule has 2 rings (SSSR count). The number of carbonyl (C=O) groups is 1. The third-order valence-electron chi connectivity index (χ3n) is 2.44. The van der Waals surface area contributed by atoms with E-state index in [4.69, 9.17) is 17.3 Å². The average molecular weight is 268 g/mol. The highest BCUT2D eigenvalue weighted by molar-refractivity contribution is 6.33. The summed E-state index contributed by atoms with van der Waals surface area (Å²) < 4.78 is 26.4. The largest absolute Gasteiger partial charge is 0.398 e. The van der Waals surface area contributed by atoms with Gasteiger partial charge in [-0.25, -0.2) is 8.78 Å². The maximum Gasteiger partial charge on any atom is 0.196 e. The molecule has 0 aliphatic rings. The lowest BCUT2D eigenvalue weighted by Gasteiger charge is -2.05. The van der Waals surface area contributed by atoms with E-state index in [1.807, 2.05) is 0 Å². The molecule has 18 heavy (non-hydrogen) atoms. The summed E-state index contributed by atoms with van der Waals surface area (Å²) in [5.74, 6) is -2.11. The van der Waals surface area contributed by atoms with Crippen molar-refractivity contribution in [3.8, 4) is 0 Å². The van der Waals surface area contributed by atoms with Crippen molar-refractivity contribution in [2.75, 3.05) is 5.73 Å². The van der Waals surface area contributed by atoms with E-state index in [0.29, 0.717) is 5.69 Å². The molecule has 0 unspecified atom stereocenters. The molecular weight excluding hydrogens is 260 g/mol. The second-order valence-electron chi connectivity index (χ2n) is 3.69. The molecule has 0 saturated heterocycles. The Hall–Kier alpha value is -1.94. The summed E-state index contributed by atoms with van der Waals surface area (Å²) in [4.78, 5) is 12.0. The van der Waals surface area contributed by atoms with Crippen LogP contribution in [0.15, 0.2) is 36.4 Å². The van der Waals surface area contributed by atoms with Crippen LogP contribution in [-0.2, 0) is 0 Å². The van der Waals surface area contributed by atoms with Crippen LogP contribution in [0.3, 0.4) is 0 Å². The molecule has 0 saturated carbocycles. The van der Waals surface area contributed by atoms with Crippen molar-refractivity contribution >= 4 is 23.1 Å². The van der Waals surface area contributed by atoms with Crippen LogP contribution in [0.5, 0.6) is 0 Å². The number of hydrogen-bond donors (Lipinski definition) is 1.